The molecule has 0 N–H and O–H groups in total. The number of esters is 1. The Morgan fingerprint density at radius 2 is 1.78 bits per heavy atom. The molecule has 3 rings (SSSR count). The molecule has 27 heavy (non-hydrogen) atoms. The monoisotopic (exact) mass is 372 g/mol. The number of nitrogens with zero attached hydrogens (tertiary/aromatic N) is 4. The average molecular weight is 372 g/mol. The molecule has 1 aliphatic rings. The lowest BCUT2D eigenvalue weighted by Gasteiger charge is -2.36. The molecular formula is C20H28N4O3. The number of para-hydroxylation sites is 2. The molecule has 0 bridgehead atoms. The van der Waals surface area contributed by atoms with E-state index in [1.54, 1.807) is 13.2 Å². The molecule has 0 unspecified atom stereocenters. The van der Waals surface area contributed by atoms with Gasteiger partial charge in [0.05, 0.1) is 19.9 Å². The zero-order chi connectivity index (χ0) is 19.1. The number of hydrogen-bond acceptors (Lipinski definition) is 6. The summed E-state index contributed by atoms with van der Waals surface area (Å²) in [6, 6.07) is 9.91. The summed E-state index contributed by atoms with van der Waals surface area (Å²) in [7, 11) is 3.10. The molecule has 7 nitrogen and oxygen atoms in total. The Hall–Kier alpha value is -2.54. The van der Waals surface area contributed by atoms with Gasteiger partial charge in [-0.2, -0.15) is 5.10 Å². The van der Waals surface area contributed by atoms with Crippen molar-refractivity contribution in [3.63, 3.8) is 0 Å². The summed E-state index contributed by atoms with van der Waals surface area (Å²) >= 11 is 0. The van der Waals surface area contributed by atoms with Gasteiger partial charge in [-0.15, -0.1) is 0 Å². The summed E-state index contributed by atoms with van der Waals surface area (Å²) in [5, 5.41) is 4.24. The first-order valence-corrected chi connectivity index (χ1v) is 9.43. The SMILES string of the molecule is COC(=O)c1ccn(CCCCN2CCN(c3ccccc3OC)CC2)n1. The normalized spacial score (nSPS) is 15.0. The third kappa shape index (κ3) is 5.01. The minimum absolute atomic E-state index is 0.366. The second-order valence-corrected chi connectivity index (χ2v) is 6.66. The van der Waals surface area contributed by atoms with Crippen LogP contribution in [0.1, 0.15) is 23.3 Å². The van der Waals surface area contributed by atoms with E-state index in [4.69, 9.17) is 4.74 Å². The number of carbonyl (C=O) groups excluding carboxylic acids is 1. The number of ether oxygens (including phenoxy) is 2. The van der Waals surface area contributed by atoms with Crippen LogP contribution in [-0.2, 0) is 11.3 Å². The van der Waals surface area contributed by atoms with Crippen molar-refractivity contribution >= 4 is 11.7 Å². The van der Waals surface area contributed by atoms with Crippen molar-refractivity contribution in [3.8, 4) is 5.75 Å². The largest absolute Gasteiger partial charge is 0.495 e. The molecule has 1 aromatic carbocycles. The quantitative estimate of drug-likeness (QED) is 0.523. The standard InChI is InChI=1S/C20H28N4O3/c1-26-19-8-4-3-7-18(19)23-15-13-22(14-16-23)10-5-6-11-24-12-9-17(21-24)20(25)27-2/h3-4,7-9,12H,5-6,10-11,13-16H2,1-2H3. The van der Waals surface area contributed by atoms with Gasteiger partial charge in [0.1, 0.15) is 5.75 Å². The van der Waals surface area contributed by atoms with E-state index in [1.165, 1.54) is 12.8 Å². The summed E-state index contributed by atoms with van der Waals surface area (Å²) < 4.78 is 12.0. The molecule has 1 aromatic heterocycles. The lowest BCUT2D eigenvalue weighted by atomic mass is 10.2. The van der Waals surface area contributed by atoms with E-state index in [0.717, 1.165) is 57.9 Å². The molecule has 1 aliphatic heterocycles. The molecule has 0 radical (unpaired) electrons. The van der Waals surface area contributed by atoms with Crippen molar-refractivity contribution in [2.24, 2.45) is 0 Å². The van der Waals surface area contributed by atoms with E-state index in [1.807, 2.05) is 23.0 Å². The second kappa shape index (κ2) is 9.41. The van der Waals surface area contributed by atoms with Crippen molar-refractivity contribution in [2.45, 2.75) is 19.4 Å². The van der Waals surface area contributed by atoms with Gasteiger partial charge in [0.25, 0.3) is 0 Å². The smallest absolute Gasteiger partial charge is 0.358 e. The average Bonchev–Trinajstić information content (AvgIpc) is 3.20. The molecule has 7 heteroatoms. The van der Waals surface area contributed by atoms with E-state index in [2.05, 4.69) is 31.8 Å². The van der Waals surface area contributed by atoms with Gasteiger partial charge in [-0.3, -0.25) is 9.58 Å². The highest BCUT2D eigenvalue weighted by Gasteiger charge is 2.19. The summed E-state index contributed by atoms with van der Waals surface area (Å²) in [6.07, 6.45) is 3.98. The molecule has 0 saturated carbocycles. The highest BCUT2D eigenvalue weighted by molar-refractivity contribution is 5.86. The zero-order valence-electron chi connectivity index (χ0n) is 16.1. The van der Waals surface area contributed by atoms with Crippen molar-refractivity contribution < 1.29 is 14.3 Å². The van der Waals surface area contributed by atoms with Crippen molar-refractivity contribution in [2.75, 3.05) is 51.8 Å². The first kappa shape index (κ1) is 19.2. The molecule has 2 aromatic rings. The topological polar surface area (TPSA) is 59.8 Å². The number of piperazine rings is 1. The van der Waals surface area contributed by atoms with Gasteiger partial charge in [0.15, 0.2) is 5.69 Å². The predicted octanol–water partition coefficient (Wildman–Crippen LogP) is 2.28. The predicted molar refractivity (Wildman–Crippen MR) is 104 cm³/mol. The molecule has 1 fully saturated rings. The Labute approximate surface area is 160 Å². The molecule has 0 amide bonds. The molecule has 2 heterocycles. The van der Waals surface area contributed by atoms with Crippen molar-refractivity contribution in [1.29, 1.82) is 0 Å². The highest BCUT2D eigenvalue weighted by Crippen LogP contribution is 2.28. The maximum atomic E-state index is 11.4. The number of rotatable bonds is 8. The van der Waals surface area contributed by atoms with Crippen LogP contribution in [-0.4, -0.2) is 67.6 Å². The van der Waals surface area contributed by atoms with Crippen molar-refractivity contribution in [1.82, 2.24) is 14.7 Å². The highest BCUT2D eigenvalue weighted by atomic mass is 16.5. The number of aromatic nitrogens is 2. The Balaban J connectivity index is 1.37. The van der Waals surface area contributed by atoms with Crippen LogP contribution in [0.3, 0.4) is 0 Å². The fraction of sp³-hybridized carbons (Fsp3) is 0.500. The molecule has 0 atom stereocenters. The number of aryl methyl sites for hydroxylation is 1. The van der Waals surface area contributed by atoms with E-state index in [9.17, 15) is 4.79 Å². The summed E-state index contributed by atoms with van der Waals surface area (Å²) in [6.45, 7) is 6.06. The second-order valence-electron chi connectivity index (χ2n) is 6.66. The van der Waals surface area contributed by atoms with E-state index >= 15 is 0 Å². The third-order valence-electron chi connectivity index (χ3n) is 4.94. The van der Waals surface area contributed by atoms with Crippen LogP contribution >= 0.6 is 0 Å². The van der Waals surface area contributed by atoms with Crippen molar-refractivity contribution in [3.05, 3.63) is 42.2 Å². The first-order chi connectivity index (χ1) is 13.2. The Bertz CT molecular complexity index is 738. The lowest BCUT2D eigenvalue weighted by molar-refractivity contribution is 0.0593. The van der Waals surface area contributed by atoms with E-state index in [-0.39, 0.29) is 5.97 Å². The minimum atomic E-state index is -0.387. The molecule has 1 saturated heterocycles. The van der Waals surface area contributed by atoms with Gasteiger partial charge < -0.3 is 14.4 Å². The number of methoxy groups -OCH3 is 2. The van der Waals surface area contributed by atoms with Crippen LogP contribution in [0.25, 0.3) is 0 Å². The fourth-order valence-corrected chi connectivity index (χ4v) is 3.41. The summed E-state index contributed by atoms with van der Waals surface area (Å²) in [4.78, 5) is 16.3. The number of carbonyl (C=O) groups is 1. The van der Waals surface area contributed by atoms with Crippen LogP contribution in [0, 0.1) is 0 Å². The van der Waals surface area contributed by atoms with Crippen LogP contribution in [0.5, 0.6) is 5.75 Å². The zero-order valence-corrected chi connectivity index (χ0v) is 16.1. The lowest BCUT2D eigenvalue weighted by Crippen LogP contribution is -2.46. The summed E-state index contributed by atoms with van der Waals surface area (Å²) in [5.41, 5.74) is 1.55. The Morgan fingerprint density at radius 3 is 2.52 bits per heavy atom. The van der Waals surface area contributed by atoms with Gasteiger partial charge in [-0.25, -0.2) is 4.79 Å². The maximum Gasteiger partial charge on any atom is 0.358 e. The number of anilines is 1. The van der Waals surface area contributed by atoms with Crippen LogP contribution in [0.4, 0.5) is 5.69 Å². The molecular weight excluding hydrogens is 344 g/mol. The number of unbranched alkanes of at least 4 members (excludes halogenated alkanes) is 1. The fourth-order valence-electron chi connectivity index (χ4n) is 3.41. The van der Waals surface area contributed by atoms with Crippen LogP contribution in [0.15, 0.2) is 36.5 Å². The van der Waals surface area contributed by atoms with E-state index in [0.29, 0.717) is 5.69 Å². The molecule has 0 spiro atoms. The van der Waals surface area contributed by atoms with Gasteiger partial charge in [-0.05, 0) is 37.6 Å². The van der Waals surface area contributed by atoms with E-state index < -0.39 is 0 Å². The number of hydrogen-bond donors (Lipinski definition) is 0. The summed E-state index contributed by atoms with van der Waals surface area (Å²) in [5.74, 6) is 0.554. The van der Waals surface area contributed by atoms with Gasteiger partial charge >= 0.3 is 5.97 Å². The maximum absolute atomic E-state index is 11.4. The first-order valence-electron chi connectivity index (χ1n) is 9.43. The molecule has 146 valence electrons. The third-order valence-corrected chi connectivity index (χ3v) is 4.94. The Morgan fingerprint density at radius 1 is 1.04 bits per heavy atom. The molecule has 0 aliphatic carbocycles. The van der Waals surface area contributed by atoms with Crippen LogP contribution in [0.2, 0.25) is 0 Å². The van der Waals surface area contributed by atoms with Gasteiger partial charge in [0.2, 0.25) is 0 Å². The van der Waals surface area contributed by atoms with Gasteiger partial charge in [-0.1, -0.05) is 12.1 Å². The van der Waals surface area contributed by atoms with Gasteiger partial charge in [0, 0.05) is 38.9 Å². The number of benzene rings is 1. The Kier molecular flexibility index (Phi) is 6.70. The van der Waals surface area contributed by atoms with Crippen LogP contribution < -0.4 is 9.64 Å². The minimum Gasteiger partial charge on any atom is -0.495 e.